The molecule has 0 amide bonds. The zero-order chi connectivity index (χ0) is 16.4. The Bertz CT molecular complexity index is 759. The van der Waals surface area contributed by atoms with E-state index in [0.717, 1.165) is 28.0 Å². The Morgan fingerprint density at radius 2 is 1.87 bits per heavy atom. The molecule has 0 aromatic heterocycles. The summed E-state index contributed by atoms with van der Waals surface area (Å²) in [6.07, 6.45) is 1.59. The maximum Gasteiger partial charge on any atom is 0.308 e. The minimum Gasteiger partial charge on any atom is -0.460 e. The van der Waals surface area contributed by atoms with E-state index in [9.17, 15) is 4.79 Å². The highest BCUT2D eigenvalue weighted by Gasteiger charge is 2.23. The number of aryl methyl sites for hydroxylation is 1. The van der Waals surface area contributed by atoms with Crippen LogP contribution < -0.4 is 9.47 Å². The summed E-state index contributed by atoms with van der Waals surface area (Å²) in [5, 5.41) is 0. The van der Waals surface area contributed by atoms with Gasteiger partial charge in [-0.1, -0.05) is 24.3 Å². The standard InChI is InChI=1S/C19H18O4/c1-12-4-5-15-11-17(19(21-3)23-18(15)10-12)14-6-8-16(9-7-14)22-13(2)20/h4-11,19H,1-3H3. The zero-order valence-corrected chi connectivity index (χ0v) is 13.3. The molecule has 118 valence electrons. The Balaban J connectivity index is 1.96. The molecule has 0 spiro atoms. The first kappa shape index (κ1) is 15.3. The van der Waals surface area contributed by atoms with Gasteiger partial charge in [0, 0.05) is 25.2 Å². The Morgan fingerprint density at radius 1 is 1.13 bits per heavy atom. The lowest BCUT2D eigenvalue weighted by Crippen LogP contribution is -2.23. The molecule has 0 saturated carbocycles. The molecular weight excluding hydrogens is 292 g/mol. The van der Waals surface area contributed by atoms with Crippen molar-refractivity contribution in [2.45, 2.75) is 20.1 Å². The van der Waals surface area contributed by atoms with Crippen LogP contribution in [0.3, 0.4) is 0 Å². The highest BCUT2D eigenvalue weighted by Crippen LogP contribution is 2.35. The summed E-state index contributed by atoms with van der Waals surface area (Å²) < 4.78 is 16.5. The molecule has 1 atom stereocenters. The van der Waals surface area contributed by atoms with Crippen LogP contribution in [0.25, 0.3) is 11.6 Å². The number of benzene rings is 2. The van der Waals surface area contributed by atoms with Gasteiger partial charge in [0.2, 0.25) is 6.29 Å². The zero-order valence-electron chi connectivity index (χ0n) is 13.3. The van der Waals surface area contributed by atoms with Gasteiger partial charge in [-0.15, -0.1) is 0 Å². The SMILES string of the molecule is COC1Oc2cc(C)ccc2C=C1c1ccc(OC(C)=O)cc1. The third-order valence-corrected chi connectivity index (χ3v) is 3.63. The number of hydrogen-bond donors (Lipinski definition) is 0. The summed E-state index contributed by atoms with van der Waals surface area (Å²) in [5.41, 5.74) is 4.04. The average Bonchev–Trinajstić information content (AvgIpc) is 2.53. The van der Waals surface area contributed by atoms with Gasteiger partial charge < -0.3 is 14.2 Å². The van der Waals surface area contributed by atoms with Crippen LogP contribution in [0.1, 0.15) is 23.6 Å². The third-order valence-electron chi connectivity index (χ3n) is 3.63. The fraction of sp³-hybridized carbons (Fsp3) is 0.211. The van der Waals surface area contributed by atoms with Crippen molar-refractivity contribution in [1.82, 2.24) is 0 Å². The number of hydrogen-bond acceptors (Lipinski definition) is 4. The molecule has 3 rings (SSSR count). The van der Waals surface area contributed by atoms with Crippen molar-refractivity contribution in [3.05, 3.63) is 59.2 Å². The number of rotatable bonds is 3. The average molecular weight is 310 g/mol. The molecule has 1 heterocycles. The summed E-state index contributed by atoms with van der Waals surface area (Å²) >= 11 is 0. The summed E-state index contributed by atoms with van der Waals surface area (Å²) in [7, 11) is 1.62. The highest BCUT2D eigenvalue weighted by atomic mass is 16.7. The first-order chi connectivity index (χ1) is 11.1. The monoisotopic (exact) mass is 310 g/mol. The van der Waals surface area contributed by atoms with E-state index in [2.05, 4.69) is 6.08 Å². The van der Waals surface area contributed by atoms with Gasteiger partial charge >= 0.3 is 5.97 Å². The second-order valence-corrected chi connectivity index (χ2v) is 5.44. The number of methoxy groups -OCH3 is 1. The predicted octanol–water partition coefficient (Wildman–Crippen LogP) is 3.83. The van der Waals surface area contributed by atoms with E-state index in [0.29, 0.717) is 5.75 Å². The van der Waals surface area contributed by atoms with E-state index in [1.165, 1.54) is 6.92 Å². The number of fused-ring (bicyclic) bond motifs is 1. The van der Waals surface area contributed by atoms with Crippen LogP contribution in [0.15, 0.2) is 42.5 Å². The molecule has 0 aliphatic carbocycles. The molecule has 4 nitrogen and oxygen atoms in total. The Morgan fingerprint density at radius 3 is 2.52 bits per heavy atom. The first-order valence-electron chi connectivity index (χ1n) is 7.37. The smallest absolute Gasteiger partial charge is 0.308 e. The van der Waals surface area contributed by atoms with Crippen molar-refractivity contribution in [3.8, 4) is 11.5 Å². The van der Waals surface area contributed by atoms with Gasteiger partial charge in [-0.2, -0.15) is 0 Å². The van der Waals surface area contributed by atoms with Crippen molar-refractivity contribution in [1.29, 1.82) is 0 Å². The molecule has 0 bridgehead atoms. The number of esters is 1. The van der Waals surface area contributed by atoms with Crippen molar-refractivity contribution in [3.63, 3.8) is 0 Å². The molecule has 1 aliphatic heterocycles. The number of carbonyl (C=O) groups excluding carboxylic acids is 1. The van der Waals surface area contributed by atoms with Gasteiger partial charge in [0.1, 0.15) is 11.5 Å². The van der Waals surface area contributed by atoms with Gasteiger partial charge in [-0.3, -0.25) is 4.79 Å². The lowest BCUT2D eigenvalue weighted by Gasteiger charge is -2.26. The molecule has 1 aliphatic rings. The van der Waals surface area contributed by atoms with Gasteiger partial charge in [0.25, 0.3) is 0 Å². The van der Waals surface area contributed by atoms with E-state index in [4.69, 9.17) is 14.2 Å². The molecule has 23 heavy (non-hydrogen) atoms. The Hall–Kier alpha value is -2.59. The summed E-state index contributed by atoms with van der Waals surface area (Å²) in [4.78, 5) is 11.0. The van der Waals surface area contributed by atoms with Crippen LogP contribution in [0.5, 0.6) is 11.5 Å². The minimum absolute atomic E-state index is 0.336. The van der Waals surface area contributed by atoms with Crippen LogP contribution in [-0.2, 0) is 9.53 Å². The van der Waals surface area contributed by atoms with Crippen LogP contribution in [0, 0.1) is 6.92 Å². The summed E-state index contributed by atoms with van der Waals surface area (Å²) in [6.45, 7) is 3.41. The van der Waals surface area contributed by atoms with Crippen molar-refractivity contribution >= 4 is 17.6 Å². The van der Waals surface area contributed by atoms with E-state index in [1.54, 1.807) is 19.2 Å². The molecule has 4 heteroatoms. The number of carbonyl (C=O) groups is 1. The minimum atomic E-state index is -0.469. The molecule has 1 unspecified atom stereocenters. The second kappa shape index (κ2) is 6.26. The second-order valence-electron chi connectivity index (χ2n) is 5.44. The molecule has 0 N–H and O–H groups in total. The van der Waals surface area contributed by atoms with Crippen molar-refractivity contribution in [2.24, 2.45) is 0 Å². The largest absolute Gasteiger partial charge is 0.460 e. The normalized spacial score (nSPS) is 16.1. The summed E-state index contributed by atoms with van der Waals surface area (Å²) in [5.74, 6) is 0.998. The lowest BCUT2D eigenvalue weighted by atomic mass is 9.98. The maximum absolute atomic E-state index is 11.0. The van der Waals surface area contributed by atoms with Crippen LogP contribution in [0.2, 0.25) is 0 Å². The van der Waals surface area contributed by atoms with Crippen LogP contribution >= 0.6 is 0 Å². The molecular formula is C19H18O4. The maximum atomic E-state index is 11.0. The van der Waals surface area contributed by atoms with Gasteiger partial charge in [0.15, 0.2) is 0 Å². The van der Waals surface area contributed by atoms with Gasteiger partial charge in [-0.05, 0) is 42.3 Å². The highest BCUT2D eigenvalue weighted by molar-refractivity contribution is 5.87. The van der Waals surface area contributed by atoms with Crippen LogP contribution in [0.4, 0.5) is 0 Å². The van der Waals surface area contributed by atoms with E-state index in [-0.39, 0.29) is 5.97 Å². The van der Waals surface area contributed by atoms with E-state index >= 15 is 0 Å². The van der Waals surface area contributed by atoms with Crippen molar-refractivity contribution < 1.29 is 19.0 Å². The van der Waals surface area contributed by atoms with Crippen LogP contribution in [-0.4, -0.2) is 19.4 Å². The quantitative estimate of drug-likeness (QED) is 0.638. The molecule has 2 aromatic carbocycles. The molecule has 0 radical (unpaired) electrons. The Kier molecular flexibility index (Phi) is 4.17. The summed E-state index contributed by atoms with van der Waals surface area (Å²) in [6, 6.07) is 13.4. The third kappa shape index (κ3) is 3.27. The molecule has 0 fully saturated rings. The van der Waals surface area contributed by atoms with E-state index < -0.39 is 6.29 Å². The molecule has 2 aromatic rings. The predicted molar refractivity (Wildman–Crippen MR) is 88.2 cm³/mol. The van der Waals surface area contributed by atoms with E-state index in [1.807, 2.05) is 37.3 Å². The first-order valence-corrected chi connectivity index (χ1v) is 7.37. The fourth-order valence-corrected chi connectivity index (χ4v) is 2.55. The van der Waals surface area contributed by atoms with Gasteiger partial charge in [0.05, 0.1) is 0 Å². The Labute approximate surface area is 135 Å². The van der Waals surface area contributed by atoms with Gasteiger partial charge in [-0.25, -0.2) is 0 Å². The molecule has 0 saturated heterocycles. The number of ether oxygens (including phenoxy) is 3. The lowest BCUT2D eigenvalue weighted by molar-refractivity contribution is -0.131. The fourth-order valence-electron chi connectivity index (χ4n) is 2.55. The topological polar surface area (TPSA) is 44.8 Å². The van der Waals surface area contributed by atoms with Crippen molar-refractivity contribution in [2.75, 3.05) is 7.11 Å².